The van der Waals surface area contributed by atoms with Gasteiger partial charge >= 0.3 is 0 Å². The Morgan fingerprint density at radius 2 is 1.81 bits per heavy atom. The van der Waals surface area contributed by atoms with Crippen molar-refractivity contribution in [2.24, 2.45) is 0 Å². The second-order valence-electron chi connectivity index (χ2n) is 5.32. The van der Waals surface area contributed by atoms with Crippen LogP contribution in [0, 0.1) is 15.9 Å². The Hall–Kier alpha value is -3.00. The largest absolute Gasteiger partial charge is 1.00 e. The van der Waals surface area contributed by atoms with Crippen LogP contribution in [0.2, 0.25) is 0 Å². The first-order valence-corrected chi connectivity index (χ1v) is 7.42. The van der Waals surface area contributed by atoms with Crippen molar-refractivity contribution < 1.29 is 35.7 Å². The molecule has 132 valence electrons. The minimum absolute atomic E-state index is 0. The summed E-state index contributed by atoms with van der Waals surface area (Å²) in [5.74, 6) is -0.574. The third-order valence-corrected chi connectivity index (χ3v) is 3.65. The van der Waals surface area contributed by atoms with Crippen molar-refractivity contribution in [3.8, 4) is 11.3 Å². The zero-order valence-corrected chi connectivity index (χ0v) is 15.0. The number of aromatic nitrogens is 2. The van der Waals surface area contributed by atoms with E-state index in [2.05, 4.69) is 4.98 Å². The van der Waals surface area contributed by atoms with E-state index in [9.17, 15) is 19.3 Å². The fraction of sp³-hybridized carbons (Fsp3) is 0.0556. The SMILES string of the molecule is O=C(C[n+]1ccc(-c2ccccc2F)nc1)c1ccc([N+](=O)[O-])cc1.[Br-]. The molecule has 0 bridgehead atoms. The van der Waals surface area contributed by atoms with Crippen LogP contribution in [-0.2, 0) is 6.54 Å². The number of benzene rings is 2. The number of rotatable bonds is 5. The standard InChI is InChI=1S/C18H13FN3O3.BrH/c19-16-4-2-1-3-15(16)17-9-10-21(12-20-17)11-18(23)13-5-7-14(8-6-13)22(24)25;/h1-10,12H,11H2;1H/q+1;/p-1. The molecule has 0 amide bonds. The molecule has 2 aromatic carbocycles. The highest BCUT2D eigenvalue weighted by Gasteiger charge is 2.14. The quantitative estimate of drug-likeness (QED) is 0.253. The van der Waals surface area contributed by atoms with Gasteiger partial charge in [-0.3, -0.25) is 14.9 Å². The maximum absolute atomic E-state index is 13.7. The van der Waals surface area contributed by atoms with E-state index >= 15 is 0 Å². The Morgan fingerprint density at radius 1 is 1.12 bits per heavy atom. The van der Waals surface area contributed by atoms with Gasteiger partial charge in [-0.15, -0.1) is 0 Å². The Labute approximate surface area is 158 Å². The first-order valence-electron chi connectivity index (χ1n) is 7.42. The minimum atomic E-state index is -0.519. The second-order valence-corrected chi connectivity index (χ2v) is 5.32. The summed E-state index contributed by atoms with van der Waals surface area (Å²) in [6.07, 6.45) is 3.09. The first kappa shape index (κ1) is 19.3. The topological polar surface area (TPSA) is 77.0 Å². The predicted molar refractivity (Wildman–Crippen MR) is 87.3 cm³/mol. The van der Waals surface area contributed by atoms with Crippen LogP contribution in [0.1, 0.15) is 10.4 Å². The van der Waals surface area contributed by atoms with E-state index in [0.29, 0.717) is 16.8 Å². The molecule has 0 atom stereocenters. The number of Topliss-reactive ketones (excluding diaryl/α,β-unsaturated/α-hetero) is 1. The number of carbonyl (C=O) groups excluding carboxylic acids is 1. The molecule has 8 heteroatoms. The van der Waals surface area contributed by atoms with Crippen LogP contribution in [-0.4, -0.2) is 15.7 Å². The molecule has 1 aromatic heterocycles. The third-order valence-electron chi connectivity index (χ3n) is 3.65. The maximum Gasteiger partial charge on any atom is 0.287 e. The van der Waals surface area contributed by atoms with E-state index < -0.39 is 4.92 Å². The number of halogens is 2. The molecule has 0 saturated heterocycles. The van der Waals surface area contributed by atoms with Gasteiger partial charge in [-0.05, 0) is 29.2 Å². The normalized spacial score (nSPS) is 10.0. The Kier molecular flexibility index (Phi) is 6.24. The molecule has 0 unspecified atom stereocenters. The molecule has 0 aliphatic rings. The summed E-state index contributed by atoms with van der Waals surface area (Å²) >= 11 is 0. The number of nitro groups is 1. The summed E-state index contributed by atoms with van der Waals surface area (Å²) in [5.41, 5.74) is 1.16. The molecule has 0 aliphatic heterocycles. The summed E-state index contributed by atoms with van der Waals surface area (Å²) in [4.78, 5) is 26.5. The lowest BCUT2D eigenvalue weighted by atomic mass is 10.1. The van der Waals surface area contributed by atoms with Crippen LogP contribution >= 0.6 is 0 Å². The number of carbonyl (C=O) groups is 1. The van der Waals surface area contributed by atoms with E-state index in [-0.39, 0.29) is 40.8 Å². The fourth-order valence-corrected chi connectivity index (χ4v) is 2.33. The van der Waals surface area contributed by atoms with Gasteiger partial charge in [0, 0.05) is 23.8 Å². The molecule has 1 heterocycles. The molecule has 0 aliphatic carbocycles. The van der Waals surface area contributed by atoms with Gasteiger partial charge in [0.1, 0.15) is 5.82 Å². The Morgan fingerprint density at radius 3 is 2.38 bits per heavy atom. The van der Waals surface area contributed by atoms with Gasteiger partial charge in [-0.1, -0.05) is 12.1 Å². The van der Waals surface area contributed by atoms with Crippen LogP contribution in [0.25, 0.3) is 11.3 Å². The lowest BCUT2D eigenvalue weighted by Gasteiger charge is -2.01. The number of hydrogen-bond donors (Lipinski definition) is 0. The monoisotopic (exact) mass is 417 g/mol. The maximum atomic E-state index is 13.7. The summed E-state index contributed by atoms with van der Waals surface area (Å²) in [7, 11) is 0. The average Bonchev–Trinajstić information content (AvgIpc) is 2.63. The summed E-state index contributed by atoms with van der Waals surface area (Å²) in [5, 5.41) is 10.6. The molecule has 0 saturated carbocycles. The molecular weight excluding hydrogens is 405 g/mol. The second kappa shape index (κ2) is 8.39. The summed E-state index contributed by atoms with van der Waals surface area (Å²) in [6.45, 7) is 0.0301. The smallest absolute Gasteiger partial charge is 0.287 e. The lowest BCUT2D eigenvalue weighted by molar-refractivity contribution is -0.686. The van der Waals surface area contributed by atoms with Crippen LogP contribution in [0.4, 0.5) is 10.1 Å². The van der Waals surface area contributed by atoms with Gasteiger partial charge in [0.2, 0.25) is 5.78 Å². The van der Waals surface area contributed by atoms with Crippen molar-refractivity contribution in [1.82, 2.24) is 4.98 Å². The van der Waals surface area contributed by atoms with Crippen molar-refractivity contribution in [2.75, 3.05) is 0 Å². The van der Waals surface area contributed by atoms with Crippen molar-refractivity contribution in [2.45, 2.75) is 6.54 Å². The average molecular weight is 418 g/mol. The van der Waals surface area contributed by atoms with Gasteiger partial charge in [0.15, 0.2) is 12.2 Å². The molecule has 6 nitrogen and oxygen atoms in total. The van der Waals surface area contributed by atoms with Gasteiger partial charge in [-0.25, -0.2) is 8.96 Å². The summed E-state index contributed by atoms with van der Waals surface area (Å²) in [6, 6.07) is 13.4. The zero-order chi connectivity index (χ0) is 17.8. The predicted octanol–water partition coefficient (Wildman–Crippen LogP) is -0.0297. The van der Waals surface area contributed by atoms with Crippen molar-refractivity contribution >= 4 is 11.5 Å². The first-order chi connectivity index (χ1) is 12.0. The molecule has 3 rings (SSSR count). The minimum Gasteiger partial charge on any atom is -1.00 e. The van der Waals surface area contributed by atoms with Crippen molar-refractivity contribution in [3.63, 3.8) is 0 Å². The molecule has 3 aromatic rings. The van der Waals surface area contributed by atoms with E-state index in [1.165, 1.54) is 36.7 Å². The molecule has 0 spiro atoms. The number of ketones is 1. The zero-order valence-electron chi connectivity index (χ0n) is 13.4. The number of nitrogens with zero attached hydrogens (tertiary/aromatic N) is 3. The van der Waals surface area contributed by atoms with Crippen LogP contribution in [0.5, 0.6) is 0 Å². The van der Waals surface area contributed by atoms with E-state index in [4.69, 9.17) is 0 Å². The van der Waals surface area contributed by atoms with E-state index in [1.807, 2.05) is 0 Å². The van der Waals surface area contributed by atoms with Crippen LogP contribution in [0.3, 0.4) is 0 Å². The van der Waals surface area contributed by atoms with E-state index in [1.54, 1.807) is 35.0 Å². The van der Waals surface area contributed by atoms with Crippen molar-refractivity contribution in [1.29, 1.82) is 0 Å². The van der Waals surface area contributed by atoms with Crippen LogP contribution < -0.4 is 21.5 Å². The van der Waals surface area contributed by atoms with E-state index in [0.717, 1.165) is 0 Å². The highest BCUT2D eigenvalue weighted by atomic mass is 79.9. The highest BCUT2D eigenvalue weighted by molar-refractivity contribution is 5.95. The van der Waals surface area contributed by atoms with Gasteiger partial charge in [-0.2, -0.15) is 0 Å². The van der Waals surface area contributed by atoms with Crippen molar-refractivity contribution in [3.05, 3.63) is 88.6 Å². The van der Waals surface area contributed by atoms with Gasteiger partial charge in [0.25, 0.3) is 12.0 Å². The molecule has 0 radical (unpaired) electrons. The Balaban J connectivity index is 0.00000243. The highest BCUT2D eigenvalue weighted by Crippen LogP contribution is 2.18. The number of non-ortho nitro benzene ring substituents is 1. The Bertz CT molecular complexity index is 931. The third kappa shape index (κ3) is 4.34. The number of hydrogen-bond acceptors (Lipinski definition) is 4. The number of nitro benzene ring substituents is 1. The van der Waals surface area contributed by atoms with Gasteiger partial charge < -0.3 is 17.0 Å². The fourth-order valence-electron chi connectivity index (χ4n) is 2.33. The molecule has 26 heavy (non-hydrogen) atoms. The van der Waals surface area contributed by atoms with Gasteiger partial charge in [0.05, 0.1) is 16.7 Å². The summed E-state index contributed by atoms with van der Waals surface area (Å²) < 4.78 is 15.3. The van der Waals surface area contributed by atoms with Crippen LogP contribution in [0.15, 0.2) is 67.1 Å². The molecular formula is C18H13BrFN3O3. The molecule has 0 fully saturated rings. The lowest BCUT2D eigenvalue weighted by Crippen LogP contribution is -3.00. The molecule has 0 N–H and O–H groups in total.